The van der Waals surface area contributed by atoms with Crippen LogP contribution in [-0.4, -0.2) is 106 Å². The molecule has 0 aliphatic rings. The summed E-state index contributed by atoms with van der Waals surface area (Å²) in [5.74, 6) is 0.0535. The zero-order chi connectivity index (χ0) is 86.8. The van der Waals surface area contributed by atoms with Gasteiger partial charge in [0.2, 0.25) is 5.88 Å². The number of carbonyl (C=O) groups excluding carboxylic acids is 5. The highest BCUT2D eigenvalue weighted by Crippen LogP contribution is 2.32. The second-order valence-corrected chi connectivity index (χ2v) is 25.5. The molecule has 0 unspecified atom stereocenters. The van der Waals surface area contributed by atoms with E-state index in [1.807, 2.05) is 45.9 Å². The molecule has 0 aliphatic carbocycles. The molecular weight excluding hydrogens is 1580 g/mol. The summed E-state index contributed by atoms with van der Waals surface area (Å²) in [4.78, 5) is 116. The minimum Gasteiger partial charge on any atom is -0.481 e. The van der Waals surface area contributed by atoms with Crippen molar-refractivity contribution >= 4 is 58.0 Å². The molecule has 0 spiro atoms. The SMILES string of the molecule is COc1cccc(C(=O)Nc2cc(F)cc(Oc3cncnc3)c2)n1.Cc1cccc(C(=O)Nc2cc(F)cc(Oc3cncnc3)c2)c1.Cc1ccnc(C(=O)Nc2cc(C#N)cc(Oc3cncnc3)c2)c1.Cc1ccnc(C(=O)Nc2cc(C#N)cc(Oc3cncnc3)c2)c1.Cc1ccnc(C(=O)Nc2cc(F)cc(Oc3cncnc3)c2)c1. The number of pyridine rings is 4. The molecule has 6 aromatic carbocycles. The number of nitrogens with one attached hydrogen (secondary N) is 5. The third kappa shape index (κ3) is 27.7. The molecule has 15 aromatic rings. The fourth-order valence-electron chi connectivity index (χ4n) is 10.4. The van der Waals surface area contributed by atoms with Gasteiger partial charge < -0.3 is 55.0 Å². The van der Waals surface area contributed by atoms with Crippen LogP contribution in [0, 0.1) is 67.8 Å². The number of nitrogens with zero attached hydrogens (tertiary/aromatic N) is 16. The first kappa shape index (κ1) is 86.1. The van der Waals surface area contributed by atoms with Crippen LogP contribution in [0.1, 0.15) is 85.7 Å². The van der Waals surface area contributed by atoms with Gasteiger partial charge in [-0.05, 0) is 141 Å². The lowest BCUT2D eigenvalue weighted by atomic mass is 10.1. The first-order valence-corrected chi connectivity index (χ1v) is 36.2. The van der Waals surface area contributed by atoms with Crippen molar-refractivity contribution in [3.63, 3.8) is 0 Å². The molecule has 9 heterocycles. The second kappa shape index (κ2) is 43.3. The normalized spacial score (nSPS) is 10.1. The number of ether oxygens (including phenoxy) is 6. The standard InChI is InChI=1S/C18H14FN3O2.2C18H13N5O2.C17H13FN4O3.C17H13FN4O2/c1-12-3-2-4-13(5-12)18(23)22-15-6-14(19)7-16(8-15)24-17-9-20-11-21-10-17;2*1-12-2-3-22-17(4-12)18(24)23-14-5-13(8-19)6-15(7-14)25-16-9-20-11-21-10-16;1-24-16-4-2-3-15(22-16)17(23)21-12-5-11(18)6-13(7-12)25-14-8-19-10-20-9-14;1-11-2-3-21-16(4-11)17(23)22-13-5-12(18)6-14(7-13)24-15-8-19-10-20-9-15/h2-11H,1H3,(H,22,23);2*2-7,9-11H,1H3,(H,23,24);2-10H,1H3,(H,21,23);2-10H,1H3,(H,22,23). The largest absolute Gasteiger partial charge is 0.481 e. The van der Waals surface area contributed by atoms with Gasteiger partial charge in [0.05, 0.1) is 92.3 Å². The zero-order valence-electron chi connectivity index (χ0n) is 65.3. The Morgan fingerprint density at radius 1 is 0.309 bits per heavy atom. The van der Waals surface area contributed by atoms with E-state index in [9.17, 15) is 47.7 Å². The summed E-state index contributed by atoms with van der Waals surface area (Å²) in [6.45, 7) is 7.51. The predicted molar refractivity (Wildman–Crippen MR) is 441 cm³/mol. The summed E-state index contributed by atoms with van der Waals surface area (Å²) >= 11 is 0. The number of rotatable bonds is 21. The maximum atomic E-state index is 13.8. The number of aromatic nitrogens is 14. The van der Waals surface area contributed by atoms with Crippen LogP contribution in [0.3, 0.4) is 0 Å². The van der Waals surface area contributed by atoms with Crippen molar-refractivity contribution in [3.05, 3.63) is 361 Å². The number of hydrogen-bond donors (Lipinski definition) is 5. The van der Waals surface area contributed by atoms with E-state index in [1.165, 1.54) is 161 Å². The molecule has 0 radical (unpaired) electrons. The Kier molecular flexibility index (Phi) is 30.3. The summed E-state index contributed by atoms with van der Waals surface area (Å²) < 4.78 is 74.0. The summed E-state index contributed by atoms with van der Waals surface area (Å²) in [7, 11) is 1.45. The molecule has 0 fully saturated rings. The van der Waals surface area contributed by atoms with Crippen molar-refractivity contribution in [2.75, 3.05) is 33.7 Å². The average Bonchev–Trinajstić information content (AvgIpc) is 0.889. The molecule has 0 bridgehead atoms. The summed E-state index contributed by atoms with van der Waals surface area (Å²) in [5.41, 5.74) is 7.55. The molecule has 32 nitrogen and oxygen atoms in total. The fourth-order valence-corrected chi connectivity index (χ4v) is 10.4. The minimum atomic E-state index is -0.566. The number of hydrogen-bond acceptors (Lipinski definition) is 27. The van der Waals surface area contributed by atoms with Gasteiger partial charge in [-0.25, -0.2) is 68.0 Å². The number of halogens is 3. The first-order chi connectivity index (χ1) is 59.6. The van der Waals surface area contributed by atoms with E-state index in [1.54, 1.807) is 122 Å². The Balaban J connectivity index is 0.000000150. The quantitative estimate of drug-likeness (QED) is 0.0446. The van der Waals surface area contributed by atoms with Crippen LogP contribution in [0.5, 0.6) is 63.4 Å². The van der Waals surface area contributed by atoms with Crippen LogP contribution >= 0.6 is 0 Å². The van der Waals surface area contributed by atoms with Crippen molar-refractivity contribution in [2.45, 2.75) is 27.7 Å². The number of methoxy groups -OCH3 is 1. The fraction of sp³-hybridized carbons (Fsp3) is 0.0568. The van der Waals surface area contributed by atoms with Crippen molar-refractivity contribution in [2.24, 2.45) is 0 Å². The van der Waals surface area contributed by atoms with E-state index in [4.69, 9.17) is 28.4 Å². The van der Waals surface area contributed by atoms with Crippen LogP contribution in [0.15, 0.2) is 282 Å². The second-order valence-electron chi connectivity index (χ2n) is 25.5. The van der Waals surface area contributed by atoms with Gasteiger partial charge in [-0.15, -0.1) is 0 Å². The van der Waals surface area contributed by atoms with E-state index in [2.05, 4.69) is 96.4 Å². The van der Waals surface area contributed by atoms with Crippen molar-refractivity contribution in [3.8, 4) is 75.5 Å². The van der Waals surface area contributed by atoms with Crippen molar-refractivity contribution in [1.82, 2.24) is 69.8 Å². The predicted octanol–water partition coefficient (Wildman–Crippen LogP) is 16.6. The highest BCUT2D eigenvalue weighted by Gasteiger charge is 2.18. The van der Waals surface area contributed by atoms with Gasteiger partial charge in [-0.2, -0.15) is 10.5 Å². The Morgan fingerprint density at radius 3 is 0.894 bits per heavy atom. The summed E-state index contributed by atoms with van der Waals surface area (Å²) in [5, 5.41) is 31.6. The number of carbonyl (C=O) groups is 5. The monoisotopic (exact) mass is 1650 g/mol. The Hall–Kier alpha value is -17.8. The number of amides is 5. The molecule has 123 heavy (non-hydrogen) atoms. The molecule has 9 aromatic heterocycles. The molecule has 0 saturated heterocycles. The molecule has 0 aliphatic heterocycles. The maximum Gasteiger partial charge on any atom is 0.274 e. The Labute approximate surface area is 698 Å². The Bertz CT molecular complexity index is 5990. The molecule has 35 heteroatoms. The number of benzene rings is 6. The molecule has 0 atom stereocenters. The minimum absolute atomic E-state index is 0.141. The van der Waals surface area contributed by atoms with Gasteiger partial charge in [0.15, 0.2) is 28.7 Å². The van der Waals surface area contributed by atoms with Crippen LogP contribution < -0.4 is 55.0 Å². The number of nitriles is 2. The highest BCUT2D eigenvalue weighted by molar-refractivity contribution is 6.06. The maximum absolute atomic E-state index is 13.8. The van der Waals surface area contributed by atoms with Gasteiger partial charge in [0, 0.05) is 107 Å². The van der Waals surface area contributed by atoms with Gasteiger partial charge in [0.25, 0.3) is 29.5 Å². The summed E-state index contributed by atoms with van der Waals surface area (Å²) in [6, 6.07) is 47.6. The van der Waals surface area contributed by atoms with E-state index < -0.39 is 29.3 Å². The van der Waals surface area contributed by atoms with E-state index in [0.717, 1.165) is 22.3 Å². The average molecular weight is 1650 g/mol. The Morgan fingerprint density at radius 2 is 0.593 bits per heavy atom. The molecular formula is C88H66F3N21O11. The summed E-state index contributed by atoms with van der Waals surface area (Å²) in [6.07, 6.45) is 26.2. The van der Waals surface area contributed by atoms with Gasteiger partial charge in [-0.3, -0.25) is 38.9 Å². The van der Waals surface area contributed by atoms with E-state index in [0.29, 0.717) is 91.3 Å². The smallest absolute Gasteiger partial charge is 0.274 e. The topological polar surface area (TPSA) is 429 Å². The lowest BCUT2D eigenvalue weighted by Crippen LogP contribution is -2.14. The van der Waals surface area contributed by atoms with Gasteiger partial charge in [-0.1, -0.05) is 23.8 Å². The van der Waals surface area contributed by atoms with Crippen LogP contribution in [0.2, 0.25) is 0 Å². The van der Waals surface area contributed by atoms with Crippen LogP contribution in [0.25, 0.3) is 0 Å². The van der Waals surface area contributed by atoms with Crippen LogP contribution in [-0.2, 0) is 0 Å². The molecule has 15 rings (SSSR count). The van der Waals surface area contributed by atoms with Crippen molar-refractivity contribution in [1.29, 1.82) is 10.5 Å². The van der Waals surface area contributed by atoms with Gasteiger partial charge in [0.1, 0.15) is 101 Å². The zero-order valence-corrected chi connectivity index (χ0v) is 65.3. The third-order valence-electron chi connectivity index (χ3n) is 15.7. The third-order valence-corrected chi connectivity index (χ3v) is 15.7. The molecule has 610 valence electrons. The number of aryl methyl sites for hydroxylation is 4. The van der Waals surface area contributed by atoms with E-state index in [-0.39, 0.29) is 57.7 Å². The molecule has 5 amide bonds. The lowest BCUT2D eigenvalue weighted by Gasteiger charge is -2.09. The van der Waals surface area contributed by atoms with Crippen molar-refractivity contribution < 1.29 is 65.6 Å². The highest BCUT2D eigenvalue weighted by atomic mass is 19.1. The molecule has 0 saturated carbocycles. The van der Waals surface area contributed by atoms with E-state index >= 15 is 0 Å². The van der Waals surface area contributed by atoms with Crippen LogP contribution in [0.4, 0.5) is 41.6 Å². The first-order valence-electron chi connectivity index (χ1n) is 36.2. The molecule has 5 N–H and O–H groups in total. The number of anilines is 5. The lowest BCUT2D eigenvalue weighted by molar-refractivity contribution is 0.101. The van der Waals surface area contributed by atoms with Gasteiger partial charge >= 0.3 is 0 Å².